The van der Waals surface area contributed by atoms with Gasteiger partial charge in [-0.2, -0.15) is 0 Å². The summed E-state index contributed by atoms with van der Waals surface area (Å²) in [7, 11) is 0. The predicted octanol–water partition coefficient (Wildman–Crippen LogP) is 4.76. The summed E-state index contributed by atoms with van der Waals surface area (Å²) in [6.45, 7) is 6.00. The van der Waals surface area contributed by atoms with Crippen molar-refractivity contribution in [3.63, 3.8) is 0 Å². The second kappa shape index (κ2) is 7.07. The van der Waals surface area contributed by atoms with Gasteiger partial charge >= 0.3 is 0 Å². The van der Waals surface area contributed by atoms with Gasteiger partial charge in [0.15, 0.2) is 0 Å². The lowest BCUT2D eigenvalue weighted by molar-refractivity contribution is -0.122. The molecule has 2 rings (SSSR count). The van der Waals surface area contributed by atoms with Gasteiger partial charge in [0.1, 0.15) is 5.78 Å². The lowest BCUT2D eigenvalue weighted by atomic mass is 9.90. The molecule has 0 aliphatic carbocycles. The molecule has 2 nitrogen and oxygen atoms in total. The van der Waals surface area contributed by atoms with Crippen molar-refractivity contribution in [2.75, 3.05) is 5.32 Å². The zero-order valence-electron chi connectivity index (χ0n) is 13.0. The number of hydrogen-bond acceptors (Lipinski definition) is 2. The van der Waals surface area contributed by atoms with E-state index in [9.17, 15) is 4.79 Å². The van der Waals surface area contributed by atoms with E-state index in [0.717, 1.165) is 11.3 Å². The van der Waals surface area contributed by atoms with Crippen LogP contribution in [0.5, 0.6) is 0 Å². The Morgan fingerprint density at radius 1 is 1.05 bits per heavy atom. The largest absolute Gasteiger partial charge is 0.378 e. The summed E-state index contributed by atoms with van der Waals surface area (Å²) in [6.07, 6.45) is 0.570. The average Bonchev–Trinajstić information content (AvgIpc) is 2.53. The molecule has 2 aromatic carbocycles. The zero-order chi connectivity index (χ0) is 15.2. The Balaban J connectivity index is 2.27. The van der Waals surface area contributed by atoms with E-state index in [1.54, 1.807) is 0 Å². The van der Waals surface area contributed by atoms with Crippen molar-refractivity contribution >= 4 is 11.5 Å². The molecule has 0 aliphatic heterocycles. The summed E-state index contributed by atoms with van der Waals surface area (Å²) in [4.78, 5) is 12.1. The third-order valence-corrected chi connectivity index (χ3v) is 3.89. The lowest BCUT2D eigenvalue weighted by Gasteiger charge is -2.25. The molecule has 21 heavy (non-hydrogen) atoms. The zero-order valence-corrected chi connectivity index (χ0v) is 13.0. The van der Waals surface area contributed by atoms with Crippen LogP contribution in [0.15, 0.2) is 54.6 Å². The number of carbonyl (C=O) groups excluding carboxylic acids is 1. The number of ketones is 1. The molecule has 2 heteroatoms. The molecule has 2 atom stereocenters. The summed E-state index contributed by atoms with van der Waals surface area (Å²) >= 11 is 0. The van der Waals surface area contributed by atoms with Crippen LogP contribution in [0.1, 0.15) is 37.4 Å². The monoisotopic (exact) mass is 281 g/mol. The Hall–Kier alpha value is -2.09. The van der Waals surface area contributed by atoms with Gasteiger partial charge in [0, 0.05) is 18.0 Å². The summed E-state index contributed by atoms with van der Waals surface area (Å²) in [6, 6.07) is 18.5. The SMILES string of the molecule is CCC(=O)C(C)C(Nc1ccc(C)cc1)c1ccccc1. The minimum absolute atomic E-state index is 0.00126. The maximum Gasteiger partial charge on any atom is 0.137 e. The van der Waals surface area contributed by atoms with Crippen LogP contribution in [0.4, 0.5) is 5.69 Å². The van der Waals surface area contributed by atoms with E-state index in [4.69, 9.17) is 0 Å². The molecule has 1 N–H and O–H groups in total. The van der Waals surface area contributed by atoms with Crippen LogP contribution in [0.3, 0.4) is 0 Å². The Morgan fingerprint density at radius 2 is 1.67 bits per heavy atom. The molecule has 0 amide bonds. The summed E-state index contributed by atoms with van der Waals surface area (Å²) in [5, 5.41) is 3.52. The number of anilines is 1. The van der Waals surface area contributed by atoms with Gasteiger partial charge in [-0.1, -0.05) is 61.9 Å². The minimum atomic E-state index is -0.0568. The van der Waals surface area contributed by atoms with Crippen molar-refractivity contribution in [1.82, 2.24) is 0 Å². The molecular weight excluding hydrogens is 258 g/mol. The maximum atomic E-state index is 12.1. The standard InChI is InChI=1S/C19H23NO/c1-4-18(21)15(3)19(16-8-6-5-7-9-16)20-17-12-10-14(2)11-13-17/h5-13,15,19-20H,4H2,1-3H3. The van der Waals surface area contributed by atoms with E-state index in [1.165, 1.54) is 5.56 Å². The molecule has 0 aliphatic rings. The van der Waals surface area contributed by atoms with Crippen LogP contribution < -0.4 is 5.32 Å². The number of carbonyl (C=O) groups is 1. The van der Waals surface area contributed by atoms with E-state index in [1.807, 2.05) is 32.0 Å². The molecule has 0 fully saturated rings. The number of Topliss-reactive ketones (excluding diaryl/α,β-unsaturated/α-hetero) is 1. The Labute approximate surface area is 127 Å². The number of benzene rings is 2. The maximum absolute atomic E-state index is 12.1. The first-order chi connectivity index (χ1) is 10.1. The first-order valence-electron chi connectivity index (χ1n) is 7.52. The minimum Gasteiger partial charge on any atom is -0.378 e. The van der Waals surface area contributed by atoms with E-state index < -0.39 is 0 Å². The highest BCUT2D eigenvalue weighted by molar-refractivity contribution is 5.81. The van der Waals surface area contributed by atoms with Crippen LogP contribution in [-0.4, -0.2) is 5.78 Å². The molecule has 0 saturated heterocycles. The molecule has 0 radical (unpaired) electrons. The molecule has 0 spiro atoms. The second-order valence-corrected chi connectivity index (χ2v) is 5.51. The fourth-order valence-corrected chi connectivity index (χ4v) is 2.49. The molecule has 110 valence electrons. The third kappa shape index (κ3) is 3.94. The quantitative estimate of drug-likeness (QED) is 0.826. The van der Waals surface area contributed by atoms with Gasteiger partial charge in [-0.15, -0.1) is 0 Å². The highest BCUT2D eigenvalue weighted by Crippen LogP contribution is 2.28. The summed E-state index contributed by atoms with van der Waals surface area (Å²) in [5.74, 6) is 0.224. The van der Waals surface area contributed by atoms with Gasteiger partial charge in [-0.3, -0.25) is 4.79 Å². The molecule has 0 bridgehead atoms. The molecule has 0 heterocycles. The number of aryl methyl sites for hydroxylation is 1. The highest BCUT2D eigenvalue weighted by atomic mass is 16.1. The Bertz CT molecular complexity index is 574. The van der Waals surface area contributed by atoms with Gasteiger partial charge in [0.05, 0.1) is 6.04 Å². The molecule has 0 saturated carbocycles. The van der Waals surface area contributed by atoms with Crippen molar-refractivity contribution in [2.45, 2.75) is 33.2 Å². The van der Waals surface area contributed by atoms with Crippen molar-refractivity contribution in [3.8, 4) is 0 Å². The molecule has 2 aromatic rings. The van der Waals surface area contributed by atoms with Gasteiger partial charge < -0.3 is 5.32 Å². The van der Waals surface area contributed by atoms with Crippen molar-refractivity contribution in [2.24, 2.45) is 5.92 Å². The molecule has 0 aromatic heterocycles. The topological polar surface area (TPSA) is 29.1 Å². The Morgan fingerprint density at radius 3 is 2.24 bits per heavy atom. The summed E-state index contributed by atoms with van der Waals surface area (Å²) in [5.41, 5.74) is 3.42. The van der Waals surface area contributed by atoms with Crippen LogP contribution in [0.25, 0.3) is 0 Å². The van der Waals surface area contributed by atoms with Gasteiger partial charge in [0.25, 0.3) is 0 Å². The molecule has 2 unspecified atom stereocenters. The van der Waals surface area contributed by atoms with Gasteiger partial charge in [-0.25, -0.2) is 0 Å². The van der Waals surface area contributed by atoms with Crippen LogP contribution in [-0.2, 0) is 4.79 Å². The van der Waals surface area contributed by atoms with Crippen molar-refractivity contribution in [3.05, 3.63) is 65.7 Å². The second-order valence-electron chi connectivity index (χ2n) is 5.51. The first kappa shape index (κ1) is 15.3. The number of nitrogens with one attached hydrogen (secondary N) is 1. The van der Waals surface area contributed by atoms with Gasteiger partial charge in [-0.05, 0) is 24.6 Å². The lowest BCUT2D eigenvalue weighted by Crippen LogP contribution is -2.25. The van der Waals surface area contributed by atoms with E-state index in [2.05, 4.69) is 48.6 Å². The fourth-order valence-electron chi connectivity index (χ4n) is 2.49. The van der Waals surface area contributed by atoms with Gasteiger partial charge in [0.2, 0.25) is 0 Å². The first-order valence-corrected chi connectivity index (χ1v) is 7.52. The predicted molar refractivity (Wildman–Crippen MR) is 88.4 cm³/mol. The van der Waals surface area contributed by atoms with E-state index in [0.29, 0.717) is 6.42 Å². The normalized spacial score (nSPS) is 13.5. The Kier molecular flexibility index (Phi) is 5.15. The number of rotatable bonds is 6. The number of hydrogen-bond donors (Lipinski definition) is 1. The smallest absolute Gasteiger partial charge is 0.137 e. The van der Waals surface area contributed by atoms with Crippen molar-refractivity contribution in [1.29, 1.82) is 0 Å². The third-order valence-electron chi connectivity index (χ3n) is 3.89. The fraction of sp³-hybridized carbons (Fsp3) is 0.316. The summed E-state index contributed by atoms with van der Waals surface area (Å²) < 4.78 is 0. The highest BCUT2D eigenvalue weighted by Gasteiger charge is 2.24. The molecular formula is C19H23NO. The van der Waals surface area contributed by atoms with Crippen molar-refractivity contribution < 1.29 is 4.79 Å². The van der Waals surface area contributed by atoms with E-state index in [-0.39, 0.29) is 17.7 Å². The van der Waals surface area contributed by atoms with Crippen LogP contribution >= 0.6 is 0 Å². The van der Waals surface area contributed by atoms with Crippen LogP contribution in [0.2, 0.25) is 0 Å². The van der Waals surface area contributed by atoms with Crippen LogP contribution in [0, 0.1) is 12.8 Å². The van der Waals surface area contributed by atoms with E-state index >= 15 is 0 Å². The average molecular weight is 281 g/mol.